The van der Waals surface area contributed by atoms with E-state index in [1.807, 2.05) is 24.0 Å². The summed E-state index contributed by atoms with van der Waals surface area (Å²) >= 11 is 0. The van der Waals surface area contributed by atoms with Gasteiger partial charge in [-0.1, -0.05) is 32.0 Å². The number of aryl methyl sites for hydroxylation is 1. The fourth-order valence-corrected chi connectivity index (χ4v) is 1.90. The molecule has 1 aromatic heterocycles. The predicted octanol–water partition coefficient (Wildman–Crippen LogP) is 3.16. The fraction of sp³-hybridized carbons (Fsp3) is 0.357. The van der Waals surface area contributed by atoms with Crippen molar-refractivity contribution in [3.05, 3.63) is 48.0 Å². The number of rotatable bonds is 4. The zero-order chi connectivity index (χ0) is 12.3. The van der Waals surface area contributed by atoms with Crippen molar-refractivity contribution < 1.29 is 0 Å². The highest BCUT2D eigenvalue weighted by Crippen LogP contribution is 2.23. The van der Waals surface area contributed by atoms with E-state index in [0.29, 0.717) is 5.92 Å². The molecule has 0 bridgehead atoms. The Morgan fingerprint density at radius 3 is 2.71 bits per heavy atom. The van der Waals surface area contributed by atoms with Crippen LogP contribution in [-0.2, 0) is 13.6 Å². The van der Waals surface area contributed by atoms with Gasteiger partial charge in [0.15, 0.2) is 0 Å². The minimum atomic E-state index is 0.528. The molecule has 1 aromatic carbocycles. The Labute approximate surface area is 103 Å². The highest BCUT2D eigenvalue weighted by molar-refractivity contribution is 5.52. The van der Waals surface area contributed by atoms with Gasteiger partial charge in [0, 0.05) is 25.1 Å². The molecule has 0 saturated carbocycles. The van der Waals surface area contributed by atoms with Crippen LogP contribution in [0.5, 0.6) is 0 Å². The maximum absolute atomic E-state index is 4.31. The van der Waals surface area contributed by atoms with Gasteiger partial charge >= 0.3 is 0 Å². The molecule has 3 heteroatoms. The molecule has 0 spiro atoms. The van der Waals surface area contributed by atoms with Gasteiger partial charge in [0.2, 0.25) is 0 Å². The molecule has 1 N–H and O–H groups in total. The van der Waals surface area contributed by atoms with E-state index < -0.39 is 0 Å². The van der Waals surface area contributed by atoms with Gasteiger partial charge in [0.25, 0.3) is 0 Å². The molecule has 0 aliphatic rings. The third kappa shape index (κ3) is 2.67. The van der Waals surface area contributed by atoms with Crippen LogP contribution in [-0.4, -0.2) is 9.55 Å². The minimum Gasteiger partial charge on any atom is -0.378 e. The Balaban J connectivity index is 2.11. The molecule has 2 rings (SSSR count). The van der Waals surface area contributed by atoms with Crippen molar-refractivity contribution in [3.63, 3.8) is 0 Å². The summed E-state index contributed by atoms with van der Waals surface area (Å²) in [7, 11) is 2.01. The predicted molar refractivity (Wildman–Crippen MR) is 71.1 cm³/mol. The normalized spacial score (nSPS) is 10.8. The molecular formula is C14H19N3. The number of anilines is 1. The molecule has 90 valence electrons. The van der Waals surface area contributed by atoms with Crippen LogP contribution in [0, 0.1) is 0 Å². The Morgan fingerprint density at radius 2 is 2.06 bits per heavy atom. The molecule has 0 aliphatic heterocycles. The molecule has 0 atom stereocenters. The number of nitrogens with one attached hydrogen (secondary N) is 1. The number of hydrogen-bond acceptors (Lipinski definition) is 2. The van der Waals surface area contributed by atoms with Gasteiger partial charge < -0.3 is 9.88 Å². The number of imidazole rings is 1. The van der Waals surface area contributed by atoms with Crippen molar-refractivity contribution >= 4 is 5.69 Å². The lowest BCUT2D eigenvalue weighted by Crippen LogP contribution is -2.07. The van der Waals surface area contributed by atoms with Crippen LogP contribution in [0.2, 0.25) is 0 Å². The second-order valence-electron chi connectivity index (χ2n) is 4.55. The molecule has 0 unspecified atom stereocenters. The maximum Gasteiger partial charge on any atom is 0.127 e. The van der Waals surface area contributed by atoms with Crippen molar-refractivity contribution in [3.8, 4) is 0 Å². The molecule has 0 radical (unpaired) electrons. The lowest BCUT2D eigenvalue weighted by molar-refractivity contribution is 0.808. The van der Waals surface area contributed by atoms with Crippen molar-refractivity contribution in [1.82, 2.24) is 9.55 Å². The third-order valence-corrected chi connectivity index (χ3v) is 2.94. The van der Waals surface area contributed by atoms with Crippen molar-refractivity contribution in [1.29, 1.82) is 0 Å². The Bertz CT molecular complexity index is 486. The van der Waals surface area contributed by atoms with Crippen LogP contribution < -0.4 is 5.32 Å². The smallest absolute Gasteiger partial charge is 0.127 e. The highest BCUT2D eigenvalue weighted by Gasteiger charge is 2.06. The zero-order valence-electron chi connectivity index (χ0n) is 10.6. The second-order valence-corrected chi connectivity index (χ2v) is 4.55. The van der Waals surface area contributed by atoms with E-state index in [2.05, 4.69) is 48.4 Å². The summed E-state index contributed by atoms with van der Waals surface area (Å²) in [6.07, 6.45) is 3.79. The number of nitrogens with zero attached hydrogens (tertiary/aromatic N) is 2. The second kappa shape index (κ2) is 5.04. The zero-order valence-corrected chi connectivity index (χ0v) is 10.6. The summed E-state index contributed by atoms with van der Waals surface area (Å²) in [6.45, 7) is 5.18. The summed E-state index contributed by atoms with van der Waals surface area (Å²) in [5, 5.41) is 3.45. The fourth-order valence-electron chi connectivity index (χ4n) is 1.90. The van der Waals surface area contributed by atoms with Crippen LogP contribution in [0.15, 0.2) is 36.7 Å². The van der Waals surface area contributed by atoms with Gasteiger partial charge in [-0.2, -0.15) is 0 Å². The first-order chi connectivity index (χ1) is 8.18. The summed E-state index contributed by atoms with van der Waals surface area (Å²) in [5.74, 6) is 1.57. The lowest BCUT2D eigenvalue weighted by atomic mass is 10.0. The number of aromatic nitrogens is 2. The van der Waals surface area contributed by atoms with Crippen LogP contribution in [0.25, 0.3) is 0 Å². The number of benzene rings is 1. The van der Waals surface area contributed by atoms with Crippen LogP contribution in [0.4, 0.5) is 5.69 Å². The van der Waals surface area contributed by atoms with E-state index >= 15 is 0 Å². The van der Waals surface area contributed by atoms with Crippen LogP contribution >= 0.6 is 0 Å². The standard InChI is InChI=1S/C14H19N3/c1-11(2)12-6-4-5-7-13(12)16-10-14-15-8-9-17(14)3/h4-9,11,16H,10H2,1-3H3. The first-order valence-electron chi connectivity index (χ1n) is 5.97. The Morgan fingerprint density at radius 1 is 1.29 bits per heavy atom. The highest BCUT2D eigenvalue weighted by atomic mass is 15.1. The molecule has 0 saturated heterocycles. The van der Waals surface area contributed by atoms with Gasteiger partial charge in [-0.25, -0.2) is 4.98 Å². The topological polar surface area (TPSA) is 29.9 Å². The van der Waals surface area contributed by atoms with Gasteiger partial charge in [0.1, 0.15) is 5.82 Å². The lowest BCUT2D eigenvalue weighted by Gasteiger charge is -2.14. The van der Waals surface area contributed by atoms with Crippen LogP contribution in [0.3, 0.4) is 0 Å². The van der Waals surface area contributed by atoms with Crippen molar-refractivity contribution in [2.75, 3.05) is 5.32 Å². The molecular weight excluding hydrogens is 210 g/mol. The molecule has 0 fully saturated rings. The van der Waals surface area contributed by atoms with Crippen molar-refractivity contribution in [2.45, 2.75) is 26.3 Å². The summed E-state index contributed by atoms with van der Waals surface area (Å²) in [6, 6.07) is 8.44. The van der Waals surface area contributed by atoms with E-state index in [-0.39, 0.29) is 0 Å². The van der Waals surface area contributed by atoms with E-state index in [1.54, 1.807) is 0 Å². The maximum atomic E-state index is 4.31. The van der Waals surface area contributed by atoms with E-state index in [4.69, 9.17) is 0 Å². The van der Waals surface area contributed by atoms with Gasteiger partial charge in [0.05, 0.1) is 6.54 Å². The Hall–Kier alpha value is -1.77. The van der Waals surface area contributed by atoms with E-state index in [0.717, 1.165) is 12.4 Å². The summed E-state index contributed by atoms with van der Waals surface area (Å²) < 4.78 is 2.03. The average molecular weight is 229 g/mol. The molecule has 17 heavy (non-hydrogen) atoms. The molecule has 1 heterocycles. The van der Waals surface area contributed by atoms with E-state index in [1.165, 1.54) is 11.3 Å². The van der Waals surface area contributed by atoms with Crippen LogP contribution in [0.1, 0.15) is 31.2 Å². The summed E-state index contributed by atoms with van der Waals surface area (Å²) in [5.41, 5.74) is 2.55. The quantitative estimate of drug-likeness (QED) is 0.872. The largest absolute Gasteiger partial charge is 0.378 e. The molecule has 2 aromatic rings. The monoisotopic (exact) mass is 229 g/mol. The first-order valence-corrected chi connectivity index (χ1v) is 5.97. The average Bonchev–Trinajstić information content (AvgIpc) is 2.72. The van der Waals surface area contributed by atoms with E-state index in [9.17, 15) is 0 Å². The first kappa shape index (κ1) is 11.7. The van der Waals surface area contributed by atoms with Gasteiger partial charge in [-0.05, 0) is 17.5 Å². The van der Waals surface area contributed by atoms with Gasteiger partial charge in [-0.15, -0.1) is 0 Å². The Kier molecular flexibility index (Phi) is 3.47. The summed E-state index contributed by atoms with van der Waals surface area (Å²) in [4.78, 5) is 4.31. The SMILES string of the molecule is CC(C)c1ccccc1NCc1nccn1C. The molecule has 0 amide bonds. The third-order valence-electron chi connectivity index (χ3n) is 2.94. The molecule has 3 nitrogen and oxygen atoms in total. The minimum absolute atomic E-state index is 0.528. The number of hydrogen-bond donors (Lipinski definition) is 1. The van der Waals surface area contributed by atoms with Crippen molar-refractivity contribution in [2.24, 2.45) is 7.05 Å². The molecule has 0 aliphatic carbocycles. The number of para-hydroxylation sites is 1. The van der Waals surface area contributed by atoms with Gasteiger partial charge in [-0.3, -0.25) is 0 Å².